The minimum Gasteiger partial charge on any atom is -0.464 e. The molecule has 1 N–H and O–H groups in total. The highest BCUT2D eigenvalue weighted by atomic mass is 16.3. The second-order valence-corrected chi connectivity index (χ2v) is 8.01. The number of fused-ring (bicyclic) bond motifs is 2. The molecule has 2 aromatic rings. The molecular formula is C22H23N3O4. The molecule has 0 unspecified atom stereocenters. The molecule has 150 valence electrons. The van der Waals surface area contributed by atoms with Crippen molar-refractivity contribution in [2.24, 2.45) is 5.92 Å². The molecule has 2 fully saturated rings. The average Bonchev–Trinajstić information content (AvgIpc) is 3.45. The van der Waals surface area contributed by atoms with Crippen LogP contribution in [-0.2, 0) is 9.59 Å². The van der Waals surface area contributed by atoms with E-state index in [1.54, 1.807) is 34.3 Å². The number of piperazine rings is 1. The van der Waals surface area contributed by atoms with Crippen molar-refractivity contribution in [1.82, 2.24) is 9.80 Å². The Morgan fingerprint density at radius 2 is 1.93 bits per heavy atom. The predicted molar refractivity (Wildman–Crippen MR) is 106 cm³/mol. The van der Waals surface area contributed by atoms with E-state index in [9.17, 15) is 14.4 Å². The Labute approximate surface area is 168 Å². The second-order valence-electron chi connectivity index (χ2n) is 8.01. The summed E-state index contributed by atoms with van der Waals surface area (Å²) >= 11 is 0. The van der Waals surface area contributed by atoms with Gasteiger partial charge in [-0.15, -0.1) is 0 Å². The van der Waals surface area contributed by atoms with E-state index in [1.165, 1.54) is 0 Å². The van der Waals surface area contributed by atoms with Crippen LogP contribution in [0.15, 0.2) is 41.0 Å². The molecule has 29 heavy (non-hydrogen) atoms. The molecule has 5 rings (SSSR count). The zero-order chi connectivity index (χ0) is 20.0. The van der Waals surface area contributed by atoms with Gasteiger partial charge in [-0.3, -0.25) is 14.4 Å². The van der Waals surface area contributed by atoms with Crippen LogP contribution in [-0.4, -0.2) is 53.2 Å². The zero-order valence-corrected chi connectivity index (χ0v) is 16.1. The molecule has 2 aliphatic heterocycles. The normalized spacial score (nSPS) is 22.1. The molecule has 7 nitrogen and oxygen atoms in total. The molecule has 3 heterocycles. The van der Waals surface area contributed by atoms with Gasteiger partial charge < -0.3 is 19.5 Å². The van der Waals surface area contributed by atoms with Crippen LogP contribution in [0.5, 0.6) is 0 Å². The maximum Gasteiger partial charge on any atom is 0.256 e. The topological polar surface area (TPSA) is 82.9 Å². The highest BCUT2D eigenvalue weighted by Gasteiger charge is 2.41. The third kappa shape index (κ3) is 3.10. The standard InChI is InChI=1S/C22H23N3O4/c26-20-18-13-24(21(27)14-4-1-2-5-14)9-10-25(18)22(28)16-12-15(7-8-17(16)23-20)19-6-3-11-29-19/h3,6-8,11-12,14,18H,1-2,4-5,9-10,13H2,(H,23,26)/t18-/m0/s1. The van der Waals surface area contributed by atoms with Crippen molar-refractivity contribution in [3.63, 3.8) is 0 Å². The third-order valence-electron chi connectivity index (χ3n) is 6.27. The summed E-state index contributed by atoms with van der Waals surface area (Å²) in [6.45, 7) is 1.09. The molecule has 3 amide bonds. The van der Waals surface area contributed by atoms with E-state index in [0.29, 0.717) is 30.1 Å². The molecule has 1 aromatic carbocycles. The van der Waals surface area contributed by atoms with Crippen molar-refractivity contribution >= 4 is 23.4 Å². The molecule has 0 bridgehead atoms. The van der Waals surface area contributed by atoms with Crippen molar-refractivity contribution < 1.29 is 18.8 Å². The largest absolute Gasteiger partial charge is 0.464 e. The molecule has 0 spiro atoms. The van der Waals surface area contributed by atoms with Crippen LogP contribution in [0.3, 0.4) is 0 Å². The quantitative estimate of drug-likeness (QED) is 0.851. The number of rotatable bonds is 2. The molecule has 7 heteroatoms. The van der Waals surface area contributed by atoms with Crippen molar-refractivity contribution in [2.45, 2.75) is 31.7 Å². The number of hydrogen-bond donors (Lipinski definition) is 1. The number of benzene rings is 1. The van der Waals surface area contributed by atoms with Gasteiger partial charge in [-0.05, 0) is 43.2 Å². The first-order valence-electron chi connectivity index (χ1n) is 10.2. The number of amides is 3. The summed E-state index contributed by atoms with van der Waals surface area (Å²) in [6.07, 6.45) is 5.62. The molecule has 1 saturated carbocycles. The minimum atomic E-state index is -0.666. The Kier molecular flexibility index (Phi) is 4.38. The van der Waals surface area contributed by atoms with E-state index in [1.807, 2.05) is 12.1 Å². The average molecular weight is 393 g/mol. The Hall–Kier alpha value is -3.09. The number of nitrogens with one attached hydrogen (secondary N) is 1. The van der Waals surface area contributed by atoms with E-state index in [4.69, 9.17) is 4.42 Å². The molecule has 3 aliphatic rings. The lowest BCUT2D eigenvalue weighted by molar-refractivity contribution is -0.139. The molecule has 0 radical (unpaired) electrons. The van der Waals surface area contributed by atoms with Crippen molar-refractivity contribution in [3.8, 4) is 11.3 Å². The van der Waals surface area contributed by atoms with E-state index < -0.39 is 6.04 Å². The summed E-state index contributed by atoms with van der Waals surface area (Å²) in [7, 11) is 0. The summed E-state index contributed by atoms with van der Waals surface area (Å²) in [5.41, 5.74) is 1.73. The van der Waals surface area contributed by atoms with E-state index in [2.05, 4.69) is 5.32 Å². The minimum absolute atomic E-state index is 0.0687. The Balaban J connectivity index is 1.42. The molecule has 1 saturated heterocycles. The van der Waals surface area contributed by atoms with Crippen LogP contribution < -0.4 is 5.32 Å². The van der Waals surface area contributed by atoms with Crippen LogP contribution in [0, 0.1) is 5.92 Å². The Bertz CT molecular complexity index is 962. The van der Waals surface area contributed by atoms with E-state index in [-0.39, 0.29) is 30.2 Å². The van der Waals surface area contributed by atoms with Crippen LogP contribution in [0.25, 0.3) is 11.3 Å². The molecule has 1 atom stereocenters. The van der Waals surface area contributed by atoms with Gasteiger partial charge >= 0.3 is 0 Å². The first kappa shape index (κ1) is 18.0. The lowest BCUT2D eigenvalue weighted by Gasteiger charge is -2.40. The maximum atomic E-state index is 13.3. The van der Waals surface area contributed by atoms with Gasteiger partial charge in [0.15, 0.2) is 0 Å². The first-order valence-corrected chi connectivity index (χ1v) is 10.2. The van der Waals surface area contributed by atoms with Gasteiger partial charge in [0.05, 0.1) is 24.1 Å². The van der Waals surface area contributed by atoms with Crippen LogP contribution in [0.4, 0.5) is 5.69 Å². The monoisotopic (exact) mass is 393 g/mol. The van der Waals surface area contributed by atoms with E-state index >= 15 is 0 Å². The zero-order valence-electron chi connectivity index (χ0n) is 16.1. The van der Waals surface area contributed by atoms with Crippen LogP contribution >= 0.6 is 0 Å². The van der Waals surface area contributed by atoms with Gasteiger partial charge in [0.25, 0.3) is 5.91 Å². The number of nitrogens with zero attached hydrogens (tertiary/aromatic N) is 2. The molecular weight excluding hydrogens is 370 g/mol. The smallest absolute Gasteiger partial charge is 0.256 e. The van der Waals surface area contributed by atoms with Crippen molar-refractivity contribution in [2.75, 3.05) is 25.0 Å². The van der Waals surface area contributed by atoms with Gasteiger partial charge in [0.1, 0.15) is 11.8 Å². The Morgan fingerprint density at radius 1 is 1.10 bits per heavy atom. The Morgan fingerprint density at radius 3 is 2.69 bits per heavy atom. The van der Waals surface area contributed by atoms with Gasteiger partial charge in [-0.25, -0.2) is 0 Å². The number of carbonyl (C=O) groups is 3. The SMILES string of the molecule is O=C1Nc2ccc(-c3ccco3)cc2C(=O)N2CCN(C(=O)C3CCCC3)C[C@@H]12. The number of anilines is 1. The molecule has 1 aromatic heterocycles. The summed E-state index contributed by atoms with van der Waals surface area (Å²) in [6, 6.07) is 8.28. The van der Waals surface area contributed by atoms with Crippen LogP contribution in [0.2, 0.25) is 0 Å². The van der Waals surface area contributed by atoms with Gasteiger partial charge in [0, 0.05) is 24.6 Å². The predicted octanol–water partition coefficient (Wildman–Crippen LogP) is 2.74. The summed E-state index contributed by atoms with van der Waals surface area (Å²) in [5.74, 6) is 0.430. The fourth-order valence-electron chi connectivity index (χ4n) is 4.68. The van der Waals surface area contributed by atoms with E-state index in [0.717, 1.165) is 31.2 Å². The van der Waals surface area contributed by atoms with Gasteiger partial charge in [0.2, 0.25) is 11.8 Å². The van der Waals surface area contributed by atoms with Gasteiger partial charge in [-0.1, -0.05) is 12.8 Å². The summed E-state index contributed by atoms with van der Waals surface area (Å²) in [4.78, 5) is 42.4. The van der Waals surface area contributed by atoms with Gasteiger partial charge in [-0.2, -0.15) is 0 Å². The lowest BCUT2D eigenvalue weighted by atomic mass is 10.0. The molecule has 1 aliphatic carbocycles. The first-order chi connectivity index (χ1) is 14.1. The maximum absolute atomic E-state index is 13.3. The lowest BCUT2D eigenvalue weighted by Crippen LogP contribution is -2.60. The summed E-state index contributed by atoms with van der Waals surface area (Å²) in [5, 5.41) is 2.88. The fourth-order valence-corrected chi connectivity index (χ4v) is 4.68. The highest BCUT2D eigenvalue weighted by molar-refractivity contribution is 6.10. The fraction of sp³-hybridized carbons (Fsp3) is 0.409. The van der Waals surface area contributed by atoms with Crippen molar-refractivity contribution in [1.29, 1.82) is 0 Å². The third-order valence-corrected chi connectivity index (χ3v) is 6.27. The number of furan rings is 1. The number of hydrogen-bond acceptors (Lipinski definition) is 4. The highest BCUT2D eigenvalue weighted by Crippen LogP contribution is 2.32. The van der Waals surface area contributed by atoms with Crippen molar-refractivity contribution in [3.05, 3.63) is 42.2 Å². The summed E-state index contributed by atoms with van der Waals surface area (Å²) < 4.78 is 5.44. The second kappa shape index (κ2) is 7.06. The van der Waals surface area contributed by atoms with Crippen LogP contribution in [0.1, 0.15) is 36.0 Å². The number of carbonyl (C=O) groups excluding carboxylic acids is 3.